The summed E-state index contributed by atoms with van der Waals surface area (Å²) in [5, 5.41) is 2.75. The zero-order valence-corrected chi connectivity index (χ0v) is 13.8. The highest BCUT2D eigenvalue weighted by Crippen LogP contribution is 2.15. The van der Waals surface area contributed by atoms with Crippen LogP contribution in [0.15, 0.2) is 28.7 Å². The van der Waals surface area contributed by atoms with E-state index in [4.69, 9.17) is 9.47 Å². The molecule has 0 aliphatic carbocycles. The Morgan fingerprint density at radius 3 is 2.52 bits per heavy atom. The zero-order chi connectivity index (χ0) is 15.7. The van der Waals surface area contributed by atoms with Gasteiger partial charge < -0.3 is 14.8 Å². The minimum absolute atomic E-state index is 0.0835. The Morgan fingerprint density at radius 2 is 1.90 bits per heavy atom. The smallest absolute Gasteiger partial charge is 0.344 e. The van der Waals surface area contributed by atoms with E-state index in [1.165, 1.54) is 0 Å². The highest BCUT2D eigenvalue weighted by Gasteiger charge is 2.10. The molecule has 0 fully saturated rings. The predicted molar refractivity (Wildman–Crippen MR) is 83.1 cm³/mol. The molecule has 1 amide bonds. The van der Waals surface area contributed by atoms with Gasteiger partial charge in [0.2, 0.25) is 0 Å². The molecular formula is C15H20BrNO4. The summed E-state index contributed by atoms with van der Waals surface area (Å²) in [6.07, 6.45) is 1.88. The molecular weight excluding hydrogens is 338 g/mol. The van der Waals surface area contributed by atoms with Crippen molar-refractivity contribution in [3.05, 3.63) is 28.7 Å². The molecule has 116 valence electrons. The summed E-state index contributed by atoms with van der Waals surface area (Å²) in [5.41, 5.74) is 0. The standard InChI is InChI=1S/C15H20BrNO4/c1-3-4-11(2)17-14(18)9-21-15(19)10-20-13-7-5-12(16)6-8-13/h5-8,11H,3-4,9-10H2,1-2H3,(H,17,18)/t11-/m0/s1. The SMILES string of the molecule is CCC[C@H](C)NC(=O)COC(=O)COc1ccc(Br)cc1. The summed E-state index contributed by atoms with van der Waals surface area (Å²) >= 11 is 3.31. The Balaban J connectivity index is 2.21. The van der Waals surface area contributed by atoms with E-state index in [1.54, 1.807) is 12.1 Å². The molecule has 0 aliphatic rings. The Bertz CT molecular complexity index is 461. The molecule has 1 aromatic rings. The van der Waals surface area contributed by atoms with Crippen molar-refractivity contribution in [2.45, 2.75) is 32.7 Å². The molecule has 1 N–H and O–H groups in total. The third-order valence-corrected chi connectivity index (χ3v) is 3.19. The number of benzene rings is 1. The number of carbonyl (C=O) groups excluding carboxylic acids is 2. The second kappa shape index (κ2) is 9.39. The summed E-state index contributed by atoms with van der Waals surface area (Å²) in [6, 6.07) is 7.17. The van der Waals surface area contributed by atoms with Crippen LogP contribution in [0.2, 0.25) is 0 Å². The van der Waals surface area contributed by atoms with Crippen molar-refractivity contribution in [3.8, 4) is 5.75 Å². The summed E-state index contributed by atoms with van der Waals surface area (Å²) < 4.78 is 11.0. The maximum Gasteiger partial charge on any atom is 0.344 e. The minimum Gasteiger partial charge on any atom is -0.482 e. The second-order valence-electron chi connectivity index (χ2n) is 4.66. The average molecular weight is 358 g/mol. The van der Waals surface area contributed by atoms with Crippen LogP contribution in [0.1, 0.15) is 26.7 Å². The molecule has 0 heterocycles. The van der Waals surface area contributed by atoms with Crippen LogP contribution in [0.5, 0.6) is 5.75 Å². The van der Waals surface area contributed by atoms with Crippen LogP contribution in [-0.2, 0) is 14.3 Å². The van der Waals surface area contributed by atoms with Gasteiger partial charge in [0.1, 0.15) is 5.75 Å². The summed E-state index contributed by atoms with van der Waals surface area (Å²) in [4.78, 5) is 23.0. The lowest BCUT2D eigenvalue weighted by atomic mass is 10.2. The van der Waals surface area contributed by atoms with E-state index in [0.717, 1.165) is 17.3 Å². The quantitative estimate of drug-likeness (QED) is 0.726. The summed E-state index contributed by atoms with van der Waals surface area (Å²) in [5.74, 6) is -0.305. The van der Waals surface area contributed by atoms with E-state index in [9.17, 15) is 9.59 Å². The van der Waals surface area contributed by atoms with E-state index < -0.39 is 5.97 Å². The molecule has 21 heavy (non-hydrogen) atoms. The second-order valence-corrected chi connectivity index (χ2v) is 5.58. The van der Waals surface area contributed by atoms with E-state index in [-0.39, 0.29) is 25.2 Å². The van der Waals surface area contributed by atoms with Gasteiger partial charge in [-0.1, -0.05) is 29.3 Å². The van der Waals surface area contributed by atoms with Crippen molar-refractivity contribution >= 4 is 27.8 Å². The number of amides is 1. The van der Waals surface area contributed by atoms with Gasteiger partial charge in [-0.2, -0.15) is 0 Å². The molecule has 5 nitrogen and oxygen atoms in total. The van der Waals surface area contributed by atoms with Crippen molar-refractivity contribution in [1.82, 2.24) is 5.32 Å². The molecule has 1 aromatic carbocycles. The fourth-order valence-corrected chi connectivity index (χ4v) is 1.95. The molecule has 0 saturated heterocycles. The average Bonchev–Trinajstić information content (AvgIpc) is 2.44. The van der Waals surface area contributed by atoms with Gasteiger partial charge in [-0.25, -0.2) is 4.79 Å². The summed E-state index contributed by atoms with van der Waals surface area (Å²) in [7, 11) is 0. The lowest BCUT2D eigenvalue weighted by Gasteiger charge is -2.12. The Hall–Kier alpha value is -1.56. The van der Waals surface area contributed by atoms with Crippen LogP contribution in [0, 0.1) is 0 Å². The number of ether oxygens (including phenoxy) is 2. The minimum atomic E-state index is -0.573. The van der Waals surface area contributed by atoms with Crippen molar-refractivity contribution in [2.24, 2.45) is 0 Å². The lowest BCUT2D eigenvalue weighted by molar-refractivity contribution is -0.150. The third-order valence-electron chi connectivity index (χ3n) is 2.66. The number of esters is 1. The van der Waals surface area contributed by atoms with Crippen LogP contribution < -0.4 is 10.1 Å². The van der Waals surface area contributed by atoms with E-state index in [1.807, 2.05) is 26.0 Å². The first kappa shape index (κ1) is 17.5. The topological polar surface area (TPSA) is 64.6 Å². The molecule has 1 rings (SSSR count). The Labute approximate surface area is 133 Å². The monoisotopic (exact) mass is 357 g/mol. The number of hydrogen-bond acceptors (Lipinski definition) is 4. The number of rotatable bonds is 8. The number of hydrogen-bond donors (Lipinski definition) is 1. The van der Waals surface area contributed by atoms with Crippen LogP contribution in [0.25, 0.3) is 0 Å². The van der Waals surface area contributed by atoms with Gasteiger partial charge in [0.05, 0.1) is 0 Å². The van der Waals surface area contributed by atoms with Crippen LogP contribution in [0.4, 0.5) is 0 Å². The molecule has 1 atom stereocenters. The van der Waals surface area contributed by atoms with Crippen molar-refractivity contribution in [3.63, 3.8) is 0 Å². The fourth-order valence-electron chi connectivity index (χ4n) is 1.68. The molecule has 6 heteroatoms. The number of nitrogens with one attached hydrogen (secondary N) is 1. The first-order chi connectivity index (χ1) is 10.0. The normalized spacial score (nSPS) is 11.6. The molecule has 0 aliphatic heterocycles. The highest BCUT2D eigenvalue weighted by molar-refractivity contribution is 9.10. The van der Waals surface area contributed by atoms with Gasteiger partial charge in [0.25, 0.3) is 5.91 Å². The van der Waals surface area contributed by atoms with Gasteiger partial charge >= 0.3 is 5.97 Å². The van der Waals surface area contributed by atoms with Crippen molar-refractivity contribution in [2.75, 3.05) is 13.2 Å². The largest absolute Gasteiger partial charge is 0.482 e. The van der Waals surface area contributed by atoms with Crippen molar-refractivity contribution in [1.29, 1.82) is 0 Å². The van der Waals surface area contributed by atoms with E-state index >= 15 is 0 Å². The van der Waals surface area contributed by atoms with E-state index in [2.05, 4.69) is 21.2 Å². The highest BCUT2D eigenvalue weighted by atomic mass is 79.9. The van der Waals surface area contributed by atoms with Gasteiger partial charge in [-0.05, 0) is 37.6 Å². The lowest BCUT2D eigenvalue weighted by Crippen LogP contribution is -2.36. The van der Waals surface area contributed by atoms with Crippen LogP contribution in [0.3, 0.4) is 0 Å². The van der Waals surface area contributed by atoms with Gasteiger partial charge in [-0.3, -0.25) is 4.79 Å². The predicted octanol–water partition coefficient (Wildman–Crippen LogP) is 2.68. The number of halogens is 1. The zero-order valence-electron chi connectivity index (χ0n) is 12.2. The van der Waals surface area contributed by atoms with E-state index in [0.29, 0.717) is 5.75 Å². The third kappa shape index (κ3) is 7.70. The molecule has 0 aromatic heterocycles. The number of carbonyl (C=O) groups is 2. The molecule has 0 radical (unpaired) electrons. The van der Waals surface area contributed by atoms with Gasteiger partial charge in [0, 0.05) is 10.5 Å². The maximum absolute atomic E-state index is 11.5. The van der Waals surface area contributed by atoms with Crippen molar-refractivity contribution < 1.29 is 19.1 Å². The van der Waals surface area contributed by atoms with Gasteiger partial charge in [-0.15, -0.1) is 0 Å². The first-order valence-electron chi connectivity index (χ1n) is 6.84. The molecule has 0 bridgehead atoms. The first-order valence-corrected chi connectivity index (χ1v) is 7.64. The summed E-state index contributed by atoms with van der Waals surface area (Å²) in [6.45, 7) is 3.46. The molecule has 0 spiro atoms. The van der Waals surface area contributed by atoms with Gasteiger partial charge in [0.15, 0.2) is 13.2 Å². The molecule has 0 unspecified atom stereocenters. The van der Waals surface area contributed by atoms with Crippen LogP contribution in [-0.4, -0.2) is 31.1 Å². The Morgan fingerprint density at radius 1 is 1.24 bits per heavy atom. The fraction of sp³-hybridized carbons (Fsp3) is 0.467. The van der Waals surface area contributed by atoms with Crippen LogP contribution >= 0.6 is 15.9 Å². The Kier molecular flexibility index (Phi) is 7.82. The maximum atomic E-state index is 11.5. The molecule has 0 saturated carbocycles.